The quantitative estimate of drug-likeness (QED) is 0.458. The number of nitriles is 1. The second-order valence-electron chi connectivity index (χ2n) is 4.18. The molecule has 102 valence electrons. The Morgan fingerprint density at radius 3 is 2.19 bits per heavy atom. The fraction of sp³-hybridized carbons (Fsp3) is 0.0588. The van der Waals surface area contributed by atoms with Gasteiger partial charge >= 0.3 is 5.97 Å². The number of carbonyl (C=O) groups excluding carboxylic acids is 1. The summed E-state index contributed by atoms with van der Waals surface area (Å²) >= 11 is 0. The molecule has 0 aliphatic rings. The lowest BCUT2D eigenvalue weighted by Crippen LogP contribution is -2.03. The highest BCUT2D eigenvalue weighted by Crippen LogP contribution is 2.18. The summed E-state index contributed by atoms with van der Waals surface area (Å²) in [4.78, 5) is 10.8. The zero-order valence-corrected chi connectivity index (χ0v) is 11.2. The van der Waals surface area contributed by atoms with Crippen molar-refractivity contribution in [2.24, 2.45) is 0 Å². The molecule has 0 aliphatic carbocycles. The van der Waals surface area contributed by atoms with Crippen molar-refractivity contribution in [1.29, 1.82) is 5.26 Å². The Bertz CT molecular complexity index is 777. The molecule has 3 nitrogen and oxygen atoms in total. The van der Waals surface area contributed by atoms with Crippen LogP contribution in [0.2, 0.25) is 0 Å². The van der Waals surface area contributed by atoms with E-state index in [0.717, 1.165) is 5.56 Å². The second-order valence-corrected chi connectivity index (χ2v) is 4.18. The first-order valence-electron chi connectivity index (χ1n) is 6.08. The summed E-state index contributed by atoms with van der Waals surface area (Å²) in [7, 11) is 0. The van der Waals surface area contributed by atoms with Crippen LogP contribution in [0.15, 0.2) is 42.5 Å². The lowest BCUT2D eigenvalue weighted by Gasteiger charge is -2.02. The van der Waals surface area contributed by atoms with Crippen molar-refractivity contribution < 1.29 is 13.9 Å². The molecule has 21 heavy (non-hydrogen) atoms. The van der Waals surface area contributed by atoms with Crippen molar-refractivity contribution in [2.45, 2.75) is 6.92 Å². The van der Waals surface area contributed by atoms with Gasteiger partial charge in [-0.3, -0.25) is 4.79 Å². The largest absolute Gasteiger partial charge is 0.424 e. The Hall–Kier alpha value is -3.11. The first-order chi connectivity index (χ1) is 10.1. The van der Waals surface area contributed by atoms with Crippen molar-refractivity contribution in [1.82, 2.24) is 0 Å². The lowest BCUT2D eigenvalue weighted by atomic mass is 10.1. The zero-order chi connectivity index (χ0) is 15.2. The van der Waals surface area contributed by atoms with Gasteiger partial charge in [-0.2, -0.15) is 5.26 Å². The molecule has 0 heterocycles. The summed E-state index contributed by atoms with van der Waals surface area (Å²) in [5, 5.41) is 8.69. The number of esters is 1. The van der Waals surface area contributed by atoms with Gasteiger partial charge in [0.1, 0.15) is 0 Å². The van der Waals surface area contributed by atoms with Gasteiger partial charge in [0.15, 0.2) is 11.6 Å². The number of nitrogens with zero attached hydrogens (tertiary/aromatic N) is 1. The molecule has 2 rings (SSSR count). The third-order valence-electron chi connectivity index (χ3n) is 2.55. The summed E-state index contributed by atoms with van der Waals surface area (Å²) in [5.74, 6) is 4.33. The van der Waals surface area contributed by atoms with Gasteiger partial charge in [-0.05, 0) is 42.5 Å². The van der Waals surface area contributed by atoms with Gasteiger partial charge < -0.3 is 4.74 Å². The van der Waals surface area contributed by atoms with Crippen LogP contribution >= 0.6 is 0 Å². The average Bonchev–Trinajstić information content (AvgIpc) is 2.48. The Morgan fingerprint density at radius 2 is 1.62 bits per heavy atom. The molecule has 0 spiro atoms. The van der Waals surface area contributed by atoms with E-state index in [2.05, 4.69) is 11.8 Å². The van der Waals surface area contributed by atoms with E-state index in [0.29, 0.717) is 11.1 Å². The Labute approximate surface area is 121 Å². The highest BCUT2D eigenvalue weighted by molar-refractivity contribution is 5.69. The van der Waals surface area contributed by atoms with Crippen LogP contribution in [0.1, 0.15) is 23.6 Å². The van der Waals surface area contributed by atoms with E-state index in [4.69, 9.17) is 10.00 Å². The van der Waals surface area contributed by atoms with Crippen molar-refractivity contribution in [3.05, 3.63) is 65.0 Å². The van der Waals surface area contributed by atoms with E-state index >= 15 is 0 Å². The fourth-order valence-corrected chi connectivity index (χ4v) is 1.59. The molecule has 0 N–H and O–H groups in total. The van der Waals surface area contributed by atoms with Crippen molar-refractivity contribution in [3.63, 3.8) is 0 Å². The summed E-state index contributed by atoms with van der Waals surface area (Å²) in [6.07, 6.45) is 0. The molecule has 0 aliphatic heterocycles. The highest BCUT2D eigenvalue weighted by atomic mass is 19.1. The molecule has 4 heteroatoms. The number of carbonyl (C=O) groups is 1. The zero-order valence-electron chi connectivity index (χ0n) is 11.2. The van der Waals surface area contributed by atoms with Crippen molar-refractivity contribution in [2.75, 3.05) is 0 Å². The third kappa shape index (κ3) is 3.92. The van der Waals surface area contributed by atoms with Crippen LogP contribution in [0, 0.1) is 29.0 Å². The maximum Gasteiger partial charge on any atom is 0.308 e. The molecular weight excluding hydrogens is 269 g/mol. The maximum atomic E-state index is 13.7. The predicted molar refractivity (Wildman–Crippen MR) is 74.8 cm³/mol. The highest BCUT2D eigenvalue weighted by Gasteiger charge is 2.05. The van der Waals surface area contributed by atoms with Gasteiger partial charge in [-0.25, -0.2) is 4.39 Å². The first-order valence-corrected chi connectivity index (χ1v) is 6.08. The molecule has 0 bridgehead atoms. The Balaban J connectivity index is 2.20. The normalized spacial score (nSPS) is 9.19. The topological polar surface area (TPSA) is 50.1 Å². The molecule has 0 amide bonds. The lowest BCUT2D eigenvalue weighted by molar-refractivity contribution is -0.132. The van der Waals surface area contributed by atoms with Gasteiger partial charge in [0.2, 0.25) is 0 Å². The van der Waals surface area contributed by atoms with Crippen LogP contribution in [-0.4, -0.2) is 5.97 Å². The summed E-state index contributed by atoms with van der Waals surface area (Å²) < 4.78 is 18.3. The minimum absolute atomic E-state index is 0.119. The number of rotatable bonds is 1. The number of benzene rings is 2. The van der Waals surface area contributed by atoms with E-state index < -0.39 is 11.8 Å². The van der Waals surface area contributed by atoms with Gasteiger partial charge in [0.25, 0.3) is 0 Å². The standard InChI is InChI=1S/C17H10FNO2/c1-12(20)21-17-9-8-14(10-16(17)18)5-2-13-3-6-15(11-19)7-4-13/h3-4,6-10H,1H3. The van der Waals surface area contributed by atoms with Gasteiger partial charge in [-0.15, -0.1) is 0 Å². The third-order valence-corrected chi connectivity index (χ3v) is 2.55. The van der Waals surface area contributed by atoms with Crippen LogP contribution in [0.25, 0.3) is 0 Å². The van der Waals surface area contributed by atoms with Crippen LogP contribution in [-0.2, 0) is 4.79 Å². The molecule has 0 saturated carbocycles. The number of halogens is 1. The fourth-order valence-electron chi connectivity index (χ4n) is 1.59. The molecular formula is C17H10FNO2. The molecule has 0 saturated heterocycles. The maximum absolute atomic E-state index is 13.7. The molecule has 0 fully saturated rings. The Kier molecular flexibility index (Phi) is 4.33. The van der Waals surface area contributed by atoms with E-state index in [-0.39, 0.29) is 5.75 Å². The van der Waals surface area contributed by atoms with Crippen LogP contribution in [0.4, 0.5) is 4.39 Å². The minimum Gasteiger partial charge on any atom is -0.424 e. The number of hydrogen-bond donors (Lipinski definition) is 0. The first kappa shape index (κ1) is 14.3. The second kappa shape index (κ2) is 6.36. The molecule has 0 unspecified atom stereocenters. The monoisotopic (exact) mass is 279 g/mol. The molecule has 0 aromatic heterocycles. The van der Waals surface area contributed by atoms with E-state index in [1.54, 1.807) is 30.3 Å². The summed E-state index contributed by atoms with van der Waals surface area (Å²) in [6, 6.07) is 12.9. The van der Waals surface area contributed by atoms with Gasteiger partial charge in [0.05, 0.1) is 11.6 Å². The molecule has 2 aromatic rings. The number of ether oxygens (including phenoxy) is 1. The van der Waals surface area contributed by atoms with Gasteiger partial charge in [0, 0.05) is 18.1 Å². The van der Waals surface area contributed by atoms with Crippen LogP contribution < -0.4 is 4.74 Å². The predicted octanol–water partition coefficient (Wildman–Crippen LogP) is 3.02. The number of hydrogen-bond acceptors (Lipinski definition) is 3. The average molecular weight is 279 g/mol. The van der Waals surface area contributed by atoms with E-state index in [1.165, 1.54) is 19.1 Å². The summed E-state index contributed by atoms with van der Waals surface area (Å²) in [6.45, 7) is 1.21. The Morgan fingerprint density at radius 1 is 1.05 bits per heavy atom. The molecule has 0 atom stereocenters. The van der Waals surface area contributed by atoms with E-state index in [1.807, 2.05) is 6.07 Å². The molecule has 0 radical (unpaired) electrons. The van der Waals surface area contributed by atoms with Crippen molar-refractivity contribution >= 4 is 5.97 Å². The van der Waals surface area contributed by atoms with Crippen LogP contribution in [0.5, 0.6) is 5.75 Å². The van der Waals surface area contributed by atoms with E-state index in [9.17, 15) is 9.18 Å². The smallest absolute Gasteiger partial charge is 0.308 e. The molecule has 2 aromatic carbocycles. The minimum atomic E-state index is -0.642. The van der Waals surface area contributed by atoms with Crippen LogP contribution in [0.3, 0.4) is 0 Å². The SMILES string of the molecule is CC(=O)Oc1ccc(C#Cc2ccc(C#N)cc2)cc1F. The summed E-state index contributed by atoms with van der Waals surface area (Å²) in [5.41, 5.74) is 1.74. The van der Waals surface area contributed by atoms with Crippen molar-refractivity contribution in [3.8, 4) is 23.7 Å². The van der Waals surface area contributed by atoms with Gasteiger partial charge in [-0.1, -0.05) is 11.8 Å².